The second-order valence-electron chi connectivity index (χ2n) is 6.33. The third-order valence-electron chi connectivity index (χ3n) is 4.30. The monoisotopic (exact) mass is 354 g/mol. The number of hydrogen-bond donors (Lipinski definition) is 2. The number of aryl methyl sites for hydroxylation is 1. The van der Waals surface area contributed by atoms with E-state index in [9.17, 15) is 4.79 Å². The first-order valence-electron chi connectivity index (χ1n) is 7.99. The second kappa shape index (κ2) is 8.30. The molecule has 0 bridgehead atoms. The average Bonchev–Trinajstić information content (AvgIpc) is 3.23. The number of nitrogens with one attached hydrogen (secondary N) is 2. The van der Waals surface area contributed by atoms with Gasteiger partial charge in [0.1, 0.15) is 0 Å². The molecular weight excluding hydrogens is 332 g/mol. The van der Waals surface area contributed by atoms with Crippen molar-refractivity contribution in [2.24, 2.45) is 5.41 Å². The molecule has 7 nitrogen and oxygen atoms in total. The minimum Gasteiger partial charge on any atom is -0.461 e. The minimum absolute atomic E-state index is 0. The Kier molecular flexibility index (Phi) is 6.39. The number of halogens is 1. The zero-order chi connectivity index (χ0) is 16.1. The highest BCUT2D eigenvalue weighted by Gasteiger charge is 2.27. The van der Waals surface area contributed by atoms with Gasteiger partial charge in [0.25, 0.3) is 0 Å². The van der Waals surface area contributed by atoms with Crippen molar-refractivity contribution in [3.8, 4) is 11.6 Å². The maximum Gasteiger partial charge on any atom is 0.238 e. The van der Waals surface area contributed by atoms with E-state index in [1.165, 1.54) is 0 Å². The number of carbonyl (C=O) groups is 1. The fraction of sp³-hybridized carbons (Fsp3) is 0.562. The standard InChI is InChI=1S/C16H22N4O3.ClH/c1-16(6-8-17-9-7-16)11-18-13(21)4-5-14-19-15(20-23-14)12-3-2-10-22-12;/h2-3,10,17H,4-9,11H2,1H3,(H,18,21);1H. The fourth-order valence-electron chi connectivity index (χ4n) is 2.69. The summed E-state index contributed by atoms with van der Waals surface area (Å²) in [6.45, 7) is 4.98. The van der Waals surface area contributed by atoms with Crippen LogP contribution in [0.4, 0.5) is 0 Å². The van der Waals surface area contributed by atoms with Crippen molar-refractivity contribution in [1.29, 1.82) is 0 Å². The van der Waals surface area contributed by atoms with E-state index in [-0.39, 0.29) is 23.7 Å². The molecule has 132 valence electrons. The van der Waals surface area contributed by atoms with E-state index < -0.39 is 0 Å². The summed E-state index contributed by atoms with van der Waals surface area (Å²) < 4.78 is 10.3. The molecule has 3 heterocycles. The first-order chi connectivity index (χ1) is 11.1. The van der Waals surface area contributed by atoms with E-state index >= 15 is 0 Å². The first-order valence-corrected chi connectivity index (χ1v) is 7.99. The molecule has 0 atom stereocenters. The number of nitrogens with zero attached hydrogens (tertiary/aromatic N) is 2. The summed E-state index contributed by atoms with van der Waals surface area (Å²) in [5.41, 5.74) is 0.192. The van der Waals surface area contributed by atoms with Gasteiger partial charge in [-0.3, -0.25) is 4.79 Å². The Labute approximate surface area is 147 Å². The highest BCUT2D eigenvalue weighted by Crippen LogP contribution is 2.26. The number of aromatic nitrogens is 2. The predicted octanol–water partition coefficient (Wildman–Crippen LogP) is 2.19. The summed E-state index contributed by atoms with van der Waals surface area (Å²) >= 11 is 0. The van der Waals surface area contributed by atoms with Gasteiger partial charge in [-0.1, -0.05) is 12.1 Å². The van der Waals surface area contributed by atoms with Gasteiger partial charge in [-0.05, 0) is 43.5 Å². The van der Waals surface area contributed by atoms with Crippen LogP contribution in [0.1, 0.15) is 32.1 Å². The molecule has 2 aromatic heterocycles. The van der Waals surface area contributed by atoms with Gasteiger partial charge in [0.15, 0.2) is 5.76 Å². The maximum atomic E-state index is 12.0. The second-order valence-corrected chi connectivity index (χ2v) is 6.33. The molecule has 0 radical (unpaired) electrons. The van der Waals surface area contributed by atoms with Gasteiger partial charge in [-0.2, -0.15) is 4.98 Å². The molecule has 1 saturated heterocycles. The van der Waals surface area contributed by atoms with Crippen molar-refractivity contribution < 1.29 is 13.7 Å². The van der Waals surface area contributed by atoms with E-state index in [0.717, 1.165) is 32.5 Å². The van der Waals surface area contributed by atoms with Crippen LogP contribution in [-0.2, 0) is 11.2 Å². The van der Waals surface area contributed by atoms with Crippen LogP contribution in [0, 0.1) is 5.41 Å². The minimum atomic E-state index is 0. The molecule has 2 aromatic rings. The number of amides is 1. The molecule has 0 aromatic carbocycles. The van der Waals surface area contributed by atoms with Crippen LogP contribution < -0.4 is 10.6 Å². The van der Waals surface area contributed by atoms with Gasteiger partial charge in [0.05, 0.1) is 6.26 Å². The Bertz CT molecular complexity index is 636. The topological polar surface area (TPSA) is 93.2 Å². The summed E-state index contributed by atoms with van der Waals surface area (Å²) in [6.07, 6.45) is 4.50. The number of furan rings is 1. The van der Waals surface area contributed by atoms with Crippen LogP contribution in [0.3, 0.4) is 0 Å². The Morgan fingerprint density at radius 3 is 2.92 bits per heavy atom. The number of hydrogen-bond acceptors (Lipinski definition) is 6. The molecular formula is C16H23ClN4O3. The number of rotatable bonds is 6. The molecule has 1 fully saturated rings. The van der Waals surface area contributed by atoms with Gasteiger partial charge in [0.2, 0.25) is 17.6 Å². The van der Waals surface area contributed by atoms with Gasteiger partial charge in [-0.25, -0.2) is 0 Å². The Hall–Kier alpha value is -1.86. The first kappa shape index (κ1) is 18.5. The van der Waals surface area contributed by atoms with Crippen LogP contribution in [0.2, 0.25) is 0 Å². The molecule has 0 aliphatic carbocycles. The lowest BCUT2D eigenvalue weighted by molar-refractivity contribution is -0.121. The molecule has 0 spiro atoms. The molecule has 1 aliphatic heterocycles. The van der Waals surface area contributed by atoms with Crippen LogP contribution in [0.15, 0.2) is 27.3 Å². The molecule has 8 heteroatoms. The molecule has 1 amide bonds. The quantitative estimate of drug-likeness (QED) is 0.826. The Morgan fingerprint density at radius 2 is 2.21 bits per heavy atom. The summed E-state index contributed by atoms with van der Waals surface area (Å²) in [5.74, 6) is 1.43. The molecule has 3 rings (SSSR count). The molecule has 24 heavy (non-hydrogen) atoms. The third kappa shape index (κ3) is 4.82. The van der Waals surface area contributed by atoms with E-state index in [2.05, 4.69) is 27.7 Å². The Balaban J connectivity index is 0.00000208. The lowest BCUT2D eigenvalue weighted by Crippen LogP contribution is -2.42. The highest BCUT2D eigenvalue weighted by molar-refractivity contribution is 5.85. The van der Waals surface area contributed by atoms with Crippen molar-refractivity contribution in [3.63, 3.8) is 0 Å². The zero-order valence-corrected chi connectivity index (χ0v) is 14.5. The predicted molar refractivity (Wildman–Crippen MR) is 90.8 cm³/mol. The van der Waals surface area contributed by atoms with Gasteiger partial charge >= 0.3 is 0 Å². The number of piperidine rings is 1. The van der Waals surface area contributed by atoms with E-state index in [1.54, 1.807) is 18.4 Å². The lowest BCUT2D eigenvalue weighted by Gasteiger charge is -2.34. The van der Waals surface area contributed by atoms with E-state index in [1.807, 2.05) is 0 Å². The largest absolute Gasteiger partial charge is 0.461 e. The lowest BCUT2D eigenvalue weighted by atomic mass is 9.81. The molecule has 2 N–H and O–H groups in total. The van der Waals surface area contributed by atoms with Gasteiger partial charge in [0, 0.05) is 19.4 Å². The molecule has 1 aliphatic rings. The van der Waals surface area contributed by atoms with Crippen molar-refractivity contribution in [1.82, 2.24) is 20.8 Å². The van der Waals surface area contributed by atoms with Crippen molar-refractivity contribution in [2.45, 2.75) is 32.6 Å². The van der Waals surface area contributed by atoms with Crippen molar-refractivity contribution in [2.75, 3.05) is 19.6 Å². The smallest absolute Gasteiger partial charge is 0.238 e. The van der Waals surface area contributed by atoms with Crippen LogP contribution >= 0.6 is 12.4 Å². The normalized spacial score (nSPS) is 16.4. The molecule has 0 unspecified atom stereocenters. The third-order valence-corrected chi connectivity index (χ3v) is 4.30. The fourth-order valence-corrected chi connectivity index (χ4v) is 2.69. The zero-order valence-electron chi connectivity index (χ0n) is 13.7. The van der Waals surface area contributed by atoms with Crippen molar-refractivity contribution in [3.05, 3.63) is 24.3 Å². The summed E-state index contributed by atoms with van der Waals surface area (Å²) in [6, 6.07) is 3.53. The molecule has 0 saturated carbocycles. The van der Waals surface area contributed by atoms with Gasteiger partial charge < -0.3 is 19.6 Å². The van der Waals surface area contributed by atoms with Crippen LogP contribution in [0.5, 0.6) is 0 Å². The SMILES string of the molecule is CC1(CNC(=O)CCc2nc(-c3ccco3)no2)CCNCC1.Cl. The Morgan fingerprint density at radius 1 is 1.42 bits per heavy atom. The van der Waals surface area contributed by atoms with Gasteiger partial charge in [-0.15, -0.1) is 12.4 Å². The van der Waals surface area contributed by atoms with Crippen LogP contribution in [-0.4, -0.2) is 35.7 Å². The summed E-state index contributed by atoms with van der Waals surface area (Å²) in [7, 11) is 0. The summed E-state index contributed by atoms with van der Waals surface area (Å²) in [5, 5.41) is 10.2. The van der Waals surface area contributed by atoms with E-state index in [4.69, 9.17) is 8.94 Å². The van der Waals surface area contributed by atoms with Crippen molar-refractivity contribution >= 4 is 18.3 Å². The maximum absolute atomic E-state index is 12.0. The van der Waals surface area contributed by atoms with E-state index in [0.29, 0.717) is 30.3 Å². The average molecular weight is 355 g/mol. The number of carbonyl (C=O) groups excluding carboxylic acids is 1. The van der Waals surface area contributed by atoms with Crippen LogP contribution in [0.25, 0.3) is 11.6 Å². The highest BCUT2D eigenvalue weighted by atomic mass is 35.5. The summed E-state index contributed by atoms with van der Waals surface area (Å²) in [4.78, 5) is 16.2.